The molecule has 0 spiro atoms. The molecule has 0 bridgehead atoms. The van der Waals surface area contributed by atoms with Crippen LogP contribution in [-0.4, -0.2) is 24.7 Å². The molecule has 4 nitrogen and oxygen atoms in total. The van der Waals surface area contributed by atoms with Crippen LogP contribution in [0.25, 0.3) is 0 Å². The summed E-state index contributed by atoms with van der Waals surface area (Å²) in [5.41, 5.74) is 0.840. The third kappa shape index (κ3) is 2.16. The Balaban J connectivity index is 3.10. The number of benzene rings is 1. The van der Waals surface area contributed by atoms with E-state index in [0.29, 0.717) is 18.0 Å². The molecule has 1 rings (SSSR count). The molecule has 0 amide bonds. The number of carboxylic acid groups (broad SMARTS) is 1. The Hall–Kier alpha value is -1.71. The smallest absolute Gasteiger partial charge is 0.337 e. The molecule has 0 aliphatic carbocycles. The first-order valence-electron chi connectivity index (χ1n) is 4.34. The fourth-order valence-electron chi connectivity index (χ4n) is 1.17. The van der Waals surface area contributed by atoms with Crippen molar-refractivity contribution < 1.29 is 14.6 Å². The maximum absolute atomic E-state index is 10.9. The van der Waals surface area contributed by atoms with Crippen molar-refractivity contribution in [1.82, 2.24) is 0 Å². The first-order chi connectivity index (χ1) is 6.69. The Bertz CT molecular complexity index is 336. The fraction of sp³-hybridized carbons (Fsp3) is 0.300. The van der Waals surface area contributed by atoms with Gasteiger partial charge in [-0.3, -0.25) is 0 Å². The van der Waals surface area contributed by atoms with Crippen molar-refractivity contribution in [2.75, 3.05) is 19.0 Å². The van der Waals surface area contributed by atoms with E-state index < -0.39 is 5.97 Å². The second-order valence-electron chi connectivity index (χ2n) is 2.75. The van der Waals surface area contributed by atoms with E-state index in [1.807, 2.05) is 6.92 Å². The highest BCUT2D eigenvalue weighted by molar-refractivity contribution is 5.94. The number of hydrogen-bond acceptors (Lipinski definition) is 3. The van der Waals surface area contributed by atoms with E-state index in [1.54, 1.807) is 12.1 Å². The number of rotatable bonds is 4. The van der Waals surface area contributed by atoms with Crippen LogP contribution in [-0.2, 0) is 0 Å². The monoisotopic (exact) mass is 195 g/mol. The maximum atomic E-state index is 10.9. The molecular weight excluding hydrogens is 182 g/mol. The molecule has 0 heterocycles. The molecule has 0 aliphatic rings. The summed E-state index contributed by atoms with van der Waals surface area (Å²) in [5.74, 6) is -0.413. The van der Waals surface area contributed by atoms with E-state index in [4.69, 9.17) is 9.84 Å². The van der Waals surface area contributed by atoms with Gasteiger partial charge in [0.15, 0.2) is 0 Å². The fourth-order valence-corrected chi connectivity index (χ4v) is 1.17. The lowest BCUT2D eigenvalue weighted by Gasteiger charge is -2.08. The first kappa shape index (κ1) is 10.4. The zero-order valence-corrected chi connectivity index (χ0v) is 8.20. The predicted molar refractivity (Wildman–Crippen MR) is 54.1 cm³/mol. The molecule has 0 fully saturated rings. The van der Waals surface area contributed by atoms with Crippen LogP contribution in [0.1, 0.15) is 17.3 Å². The second kappa shape index (κ2) is 4.50. The minimum absolute atomic E-state index is 0.228. The van der Waals surface area contributed by atoms with E-state index in [9.17, 15) is 4.79 Å². The Morgan fingerprint density at radius 3 is 2.79 bits per heavy atom. The Labute approximate surface area is 82.5 Å². The van der Waals surface area contributed by atoms with Gasteiger partial charge in [0.2, 0.25) is 0 Å². The van der Waals surface area contributed by atoms with Crippen molar-refractivity contribution >= 4 is 11.7 Å². The van der Waals surface area contributed by atoms with Crippen LogP contribution < -0.4 is 10.1 Å². The van der Waals surface area contributed by atoms with E-state index in [0.717, 1.165) is 0 Å². The lowest BCUT2D eigenvalue weighted by atomic mass is 10.1. The van der Waals surface area contributed by atoms with Gasteiger partial charge in [0.05, 0.1) is 12.7 Å². The lowest BCUT2D eigenvalue weighted by molar-refractivity contribution is 0.0697. The van der Waals surface area contributed by atoms with Gasteiger partial charge in [-0.2, -0.15) is 0 Å². The zero-order valence-electron chi connectivity index (χ0n) is 8.20. The van der Waals surface area contributed by atoms with Crippen LogP contribution in [0.15, 0.2) is 18.2 Å². The highest BCUT2D eigenvalue weighted by Crippen LogP contribution is 2.21. The molecule has 2 N–H and O–H groups in total. The molecule has 0 radical (unpaired) electrons. The van der Waals surface area contributed by atoms with Crippen LogP contribution in [0.3, 0.4) is 0 Å². The van der Waals surface area contributed by atoms with Crippen molar-refractivity contribution in [3.05, 3.63) is 23.8 Å². The topological polar surface area (TPSA) is 58.6 Å². The number of carbonyl (C=O) groups is 1. The van der Waals surface area contributed by atoms with Crippen LogP contribution in [0, 0.1) is 0 Å². The molecule has 0 atom stereocenters. The number of aromatic carboxylic acids is 1. The van der Waals surface area contributed by atoms with Gasteiger partial charge in [-0.05, 0) is 25.1 Å². The second-order valence-corrected chi connectivity index (χ2v) is 2.75. The van der Waals surface area contributed by atoms with Crippen molar-refractivity contribution in [1.29, 1.82) is 0 Å². The van der Waals surface area contributed by atoms with Gasteiger partial charge in [0, 0.05) is 12.2 Å². The minimum atomic E-state index is -0.958. The molecule has 4 heteroatoms. The molecule has 0 saturated carbocycles. The molecule has 0 aliphatic heterocycles. The number of nitrogens with one attached hydrogen (secondary N) is 1. The minimum Gasteiger partial charge on any atom is -0.497 e. The lowest BCUT2D eigenvalue weighted by Crippen LogP contribution is -2.05. The average molecular weight is 195 g/mol. The number of hydrogen-bond donors (Lipinski definition) is 2. The molecule has 0 aromatic heterocycles. The summed E-state index contributed by atoms with van der Waals surface area (Å²) in [6.07, 6.45) is 0. The van der Waals surface area contributed by atoms with E-state index in [-0.39, 0.29) is 5.56 Å². The van der Waals surface area contributed by atoms with Crippen LogP contribution >= 0.6 is 0 Å². The summed E-state index contributed by atoms with van der Waals surface area (Å²) in [6.45, 7) is 2.60. The summed E-state index contributed by atoms with van der Waals surface area (Å²) in [4.78, 5) is 10.9. The summed E-state index contributed by atoms with van der Waals surface area (Å²) >= 11 is 0. The number of anilines is 1. The predicted octanol–water partition coefficient (Wildman–Crippen LogP) is 1.83. The zero-order chi connectivity index (χ0) is 10.6. The molecule has 0 saturated heterocycles. The van der Waals surface area contributed by atoms with Gasteiger partial charge in [0.1, 0.15) is 5.75 Å². The number of carboxylic acids is 1. The third-order valence-corrected chi connectivity index (χ3v) is 1.82. The Morgan fingerprint density at radius 1 is 1.57 bits per heavy atom. The summed E-state index contributed by atoms with van der Waals surface area (Å²) in [6, 6.07) is 4.93. The van der Waals surface area contributed by atoms with Gasteiger partial charge < -0.3 is 15.2 Å². The van der Waals surface area contributed by atoms with Gasteiger partial charge in [-0.25, -0.2) is 4.79 Å². The highest BCUT2D eigenvalue weighted by atomic mass is 16.5. The van der Waals surface area contributed by atoms with E-state index >= 15 is 0 Å². The van der Waals surface area contributed by atoms with E-state index in [2.05, 4.69) is 5.32 Å². The molecule has 14 heavy (non-hydrogen) atoms. The molecule has 0 unspecified atom stereocenters. The number of methoxy groups -OCH3 is 1. The highest BCUT2D eigenvalue weighted by Gasteiger charge is 2.10. The molecular formula is C10H13NO3. The Morgan fingerprint density at radius 2 is 2.29 bits per heavy atom. The maximum Gasteiger partial charge on any atom is 0.337 e. The first-order valence-corrected chi connectivity index (χ1v) is 4.34. The average Bonchev–Trinajstić information content (AvgIpc) is 2.18. The SMILES string of the molecule is CCNc1ccc(OC)cc1C(=O)O. The van der Waals surface area contributed by atoms with Gasteiger partial charge in [-0.1, -0.05) is 0 Å². The van der Waals surface area contributed by atoms with Gasteiger partial charge >= 0.3 is 5.97 Å². The standard InChI is InChI=1S/C10H13NO3/c1-3-11-9-5-4-7(14-2)6-8(9)10(12)13/h4-6,11H,3H2,1-2H3,(H,12,13). The van der Waals surface area contributed by atoms with Crippen molar-refractivity contribution in [3.63, 3.8) is 0 Å². The summed E-state index contributed by atoms with van der Waals surface area (Å²) in [7, 11) is 1.51. The van der Waals surface area contributed by atoms with Crippen LogP contribution in [0.4, 0.5) is 5.69 Å². The summed E-state index contributed by atoms with van der Waals surface area (Å²) < 4.78 is 4.95. The van der Waals surface area contributed by atoms with Gasteiger partial charge in [-0.15, -0.1) is 0 Å². The molecule has 76 valence electrons. The number of ether oxygens (including phenoxy) is 1. The van der Waals surface area contributed by atoms with Crippen molar-refractivity contribution in [2.24, 2.45) is 0 Å². The quantitative estimate of drug-likeness (QED) is 0.769. The third-order valence-electron chi connectivity index (χ3n) is 1.82. The van der Waals surface area contributed by atoms with Crippen molar-refractivity contribution in [2.45, 2.75) is 6.92 Å². The van der Waals surface area contributed by atoms with Gasteiger partial charge in [0.25, 0.3) is 0 Å². The molecule has 1 aromatic rings. The normalized spacial score (nSPS) is 9.57. The molecule has 1 aromatic carbocycles. The van der Waals surface area contributed by atoms with Crippen molar-refractivity contribution in [3.8, 4) is 5.75 Å². The van der Waals surface area contributed by atoms with Crippen LogP contribution in [0.5, 0.6) is 5.75 Å². The van der Waals surface area contributed by atoms with Crippen LogP contribution in [0.2, 0.25) is 0 Å². The van der Waals surface area contributed by atoms with E-state index in [1.165, 1.54) is 13.2 Å². The Kier molecular flexibility index (Phi) is 3.34. The largest absolute Gasteiger partial charge is 0.497 e. The summed E-state index contributed by atoms with van der Waals surface area (Å²) in [5, 5.41) is 11.9.